The molecule has 0 aromatic carbocycles. The molecule has 0 atom stereocenters. The molecule has 0 aliphatic rings. The van der Waals surface area contributed by atoms with Crippen LogP contribution in [0.2, 0.25) is 0 Å². The average Bonchev–Trinajstić information content (AvgIpc) is 2.84. The first-order valence-electron chi connectivity index (χ1n) is 6.46. The molecular formula is C14H22N4O. The SMILES string of the molecule is CNCc1c(C)nn(C)c1N(C)Cc1ccc(C)o1. The van der Waals surface area contributed by atoms with Gasteiger partial charge in [-0.05, 0) is 33.0 Å². The Morgan fingerprint density at radius 1 is 1.37 bits per heavy atom. The molecule has 1 N–H and O–H groups in total. The fourth-order valence-electron chi connectivity index (χ4n) is 2.43. The first kappa shape index (κ1) is 13.7. The maximum atomic E-state index is 5.64. The molecule has 2 aromatic heterocycles. The fourth-order valence-corrected chi connectivity index (χ4v) is 2.43. The van der Waals surface area contributed by atoms with Crippen molar-refractivity contribution >= 4 is 5.82 Å². The van der Waals surface area contributed by atoms with Crippen molar-refractivity contribution in [2.45, 2.75) is 26.9 Å². The lowest BCUT2D eigenvalue weighted by atomic mass is 10.2. The van der Waals surface area contributed by atoms with Crippen molar-refractivity contribution in [3.05, 3.63) is 34.9 Å². The summed E-state index contributed by atoms with van der Waals surface area (Å²) in [4.78, 5) is 2.17. The number of hydrogen-bond donors (Lipinski definition) is 1. The second kappa shape index (κ2) is 5.48. The summed E-state index contributed by atoms with van der Waals surface area (Å²) in [6, 6.07) is 4.01. The summed E-state index contributed by atoms with van der Waals surface area (Å²) in [5.41, 5.74) is 2.30. The molecule has 0 bridgehead atoms. The summed E-state index contributed by atoms with van der Waals surface area (Å²) in [7, 11) is 5.99. The normalized spacial score (nSPS) is 11.0. The molecule has 5 nitrogen and oxygen atoms in total. The van der Waals surface area contributed by atoms with Crippen LogP contribution in [0.3, 0.4) is 0 Å². The van der Waals surface area contributed by atoms with E-state index in [0.29, 0.717) is 0 Å². The van der Waals surface area contributed by atoms with Crippen LogP contribution in [-0.4, -0.2) is 23.9 Å². The van der Waals surface area contributed by atoms with Gasteiger partial charge in [0.25, 0.3) is 0 Å². The standard InChI is InChI=1S/C14H22N4O/c1-10-6-7-12(19-10)9-17(4)14-13(8-15-3)11(2)16-18(14)5/h6-7,15H,8-9H2,1-5H3. The van der Waals surface area contributed by atoms with Gasteiger partial charge in [-0.15, -0.1) is 0 Å². The smallest absolute Gasteiger partial charge is 0.131 e. The minimum atomic E-state index is 0.740. The van der Waals surface area contributed by atoms with Gasteiger partial charge in [-0.25, -0.2) is 0 Å². The summed E-state index contributed by atoms with van der Waals surface area (Å²) in [5, 5.41) is 7.70. The second-order valence-electron chi connectivity index (χ2n) is 4.91. The zero-order valence-corrected chi connectivity index (χ0v) is 12.3. The highest BCUT2D eigenvalue weighted by Gasteiger charge is 2.17. The van der Waals surface area contributed by atoms with E-state index in [1.807, 2.05) is 44.8 Å². The van der Waals surface area contributed by atoms with Crippen molar-refractivity contribution in [2.24, 2.45) is 7.05 Å². The van der Waals surface area contributed by atoms with Crippen LogP contribution in [0.1, 0.15) is 22.8 Å². The van der Waals surface area contributed by atoms with Crippen LogP contribution in [0.15, 0.2) is 16.5 Å². The van der Waals surface area contributed by atoms with Crippen LogP contribution in [0.5, 0.6) is 0 Å². The molecule has 2 aromatic rings. The first-order valence-corrected chi connectivity index (χ1v) is 6.46. The van der Waals surface area contributed by atoms with Gasteiger partial charge < -0.3 is 14.6 Å². The minimum absolute atomic E-state index is 0.740. The number of rotatable bonds is 5. The van der Waals surface area contributed by atoms with Crippen LogP contribution in [0.4, 0.5) is 5.82 Å². The lowest BCUT2D eigenvalue weighted by molar-refractivity contribution is 0.480. The van der Waals surface area contributed by atoms with Crippen LogP contribution in [0.25, 0.3) is 0 Å². The Bertz CT molecular complexity index is 556. The maximum absolute atomic E-state index is 5.64. The highest BCUT2D eigenvalue weighted by molar-refractivity contribution is 5.49. The molecule has 0 fully saturated rings. The van der Waals surface area contributed by atoms with Crippen LogP contribution >= 0.6 is 0 Å². The lowest BCUT2D eigenvalue weighted by Gasteiger charge is -2.20. The third-order valence-electron chi connectivity index (χ3n) is 3.22. The highest BCUT2D eigenvalue weighted by Crippen LogP contribution is 2.23. The van der Waals surface area contributed by atoms with Gasteiger partial charge in [-0.3, -0.25) is 4.68 Å². The van der Waals surface area contributed by atoms with Crippen LogP contribution in [-0.2, 0) is 20.1 Å². The molecule has 19 heavy (non-hydrogen) atoms. The Balaban J connectivity index is 2.25. The molecule has 0 amide bonds. The van der Waals surface area contributed by atoms with Crippen molar-refractivity contribution in [1.82, 2.24) is 15.1 Å². The first-order chi connectivity index (χ1) is 9.02. The van der Waals surface area contributed by atoms with E-state index >= 15 is 0 Å². The number of aromatic nitrogens is 2. The van der Waals surface area contributed by atoms with Gasteiger partial charge in [0.05, 0.1) is 12.2 Å². The zero-order valence-electron chi connectivity index (χ0n) is 12.3. The van der Waals surface area contributed by atoms with E-state index in [0.717, 1.165) is 36.1 Å². The largest absolute Gasteiger partial charge is 0.464 e. The van der Waals surface area contributed by atoms with Crippen molar-refractivity contribution < 1.29 is 4.42 Å². The summed E-state index contributed by atoms with van der Waals surface area (Å²) in [6.45, 7) is 5.56. The van der Waals surface area contributed by atoms with Crippen molar-refractivity contribution in [3.63, 3.8) is 0 Å². The molecule has 0 spiro atoms. The van der Waals surface area contributed by atoms with Crippen LogP contribution < -0.4 is 10.2 Å². The number of aryl methyl sites for hydroxylation is 3. The van der Waals surface area contributed by atoms with E-state index in [9.17, 15) is 0 Å². The van der Waals surface area contributed by atoms with Gasteiger partial charge in [0.2, 0.25) is 0 Å². The summed E-state index contributed by atoms with van der Waals surface area (Å²) in [5.74, 6) is 3.04. The molecule has 2 rings (SSSR count). The topological polar surface area (TPSA) is 46.2 Å². The monoisotopic (exact) mass is 262 g/mol. The van der Waals surface area contributed by atoms with E-state index in [4.69, 9.17) is 4.42 Å². The molecule has 0 aliphatic heterocycles. The Morgan fingerprint density at radius 3 is 2.68 bits per heavy atom. The van der Waals surface area contributed by atoms with E-state index in [1.165, 1.54) is 5.56 Å². The van der Waals surface area contributed by atoms with Crippen molar-refractivity contribution in [1.29, 1.82) is 0 Å². The molecule has 0 unspecified atom stereocenters. The number of furan rings is 1. The Kier molecular flexibility index (Phi) is 3.95. The predicted octanol–water partition coefficient (Wildman–Crippen LogP) is 1.99. The number of hydrogen-bond acceptors (Lipinski definition) is 4. The number of anilines is 1. The van der Waals surface area contributed by atoms with E-state index in [2.05, 4.69) is 22.4 Å². The van der Waals surface area contributed by atoms with E-state index in [1.54, 1.807) is 0 Å². The molecule has 104 valence electrons. The van der Waals surface area contributed by atoms with Gasteiger partial charge in [-0.1, -0.05) is 0 Å². The fraction of sp³-hybridized carbons (Fsp3) is 0.500. The minimum Gasteiger partial charge on any atom is -0.464 e. The average molecular weight is 262 g/mol. The Morgan fingerprint density at radius 2 is 2.11 bits per heavy atom. The molecule has 0 aliphatic carbocycles. The predicted molar refractivity (Wildman–Crippen MR) is 76.3 cm³/mol. The third-order valence-corrected chi connectivity index (χ3v) is 3.22. The second-order valence-corrected chi connectivity index (χ2v) is 4.91. The van der Waals surface area contributed by atoms with Gasteiger partial charge in [-0.2, -0.15) is 5.10 Å². The van der Waals surface area contributed by atoms with Gasteiger partial charge >= 0.3 is 0 Å². The van der Waals surface area contributed by atoms with Crippen LogP contribution in [0, 0.1) is 13.8 Å². The molecule has 5 heteroatoms. The maximum Gasteiger partial charge on any atom is 0.131 e. The Hall–Kier alpha value is -1.75. The van der Waals surface area contributed by atoms with Gasteiger partial charge in [0.1, 0.15) is 17.3 Å². The quantitative estimate of drug-likeness (QED) is 0.895. The molecule has 0 radical (unpaired) electrons. The molecule has 0 saturated carbocycles. The highest BCUT2D eigenvalue weighted by atomic mass is 16.3. The zero-order chi connectivity index (χ0) is 14.0. The van der Waals surface area contributed by atoms with Gasteiger partial charge in [0, 0.05) is 26.2 Å². The van der Waals surface area contributed by atoms with E-state index in [-0.39, 0.29) is 0 Å². The number of nitrogens with zero attached hydrogens (tertiary/aromatic N) is 3. The van der Waals surface area contributed by atoms with Gasteiger partial charge in [0.15, 0.2) is 0 Å². The molecular weight excluding hydrogens is 240 g/mol. The van der Waals surface area contributed by atoms with E-state index < -0.39 is 0 Å². The summed E-state index contributed by atoms with van der Waals surface area (Å²) >= 11 is 0. The number of nitrogens with one attached hydrogen (secondary N) is 1. The summed E-state index contributed by atoms with van der Waals surface area (Å²) < 4.78 is 7.56. The third kappa shape index (κ3) is 2.81. The molecule has 0 saturated heterocycles. The Labute approximate surface area is 114 Å². The lowest BCUT2D eigenvalue weighted by Crippen LogP contribution is -2.21. The van der Waals surface area contributed by atoms with Crippen molar-refractivity contribution in [3.8, 4) is 0 Å². The molecule has 2 heterocycles. The summed E-state index contributed by atoms with van der Waals surface area (Å²) in [6.07, 6.45) is 0. The van der Waals surface area contributed by atoms with Crippen molar-refractivity contribution in [2.75, 3.05) is 19.0 Å².